The van der Waals surface area contributed by atoms with Crippen molar-refractivity contribution in [2.24, 2.45) is 4.99 Å². The van der Waals surface area contributed by atoms with Crippen LogP contribution in [-0.2, 0) is 14.3 Å². The zero-order chi connectivity index (χ0) is 18.8. The number of aryl methyl sites for hydroxylation is 3. The number of aliphatic imine (C=N–C) groups is 1. The fourth-order valence-electron chi connectivity index (χ4n) is 2.76. The molecular formula is C21H19NO4. The lowest BCUT2D eigenvalue weighted by Gasteiger charge is -2.10. The topological polar surface area (TPSA) is 65.0 Å². The monoisotopic (exact) mass is 349 g/mol. The molecule has 2 aromatic rings. The van der Waals surface area contributed by atoms with Crippen LogP contribution in [-0.4, -0.2) is 17.8 Å². The zero-order valence-corrected chi connectivity index (χ0v) is 15.1. The van der Waals surface area contributed by atoms with Gasteiger partial charge in [-0.05, 0) is 67.8 Å². The highest BCUT2D eigenvalue weighted by Gasteiger charge is 2.24. The fraction of sp³-hybridized carbons (Fsp3) is 0.190. The van der Waals surface area contributed by atoms with Gasteiger partial charge in [0.25, 0.3) is 0 Å². The lowest BCUT2D eigenvalue weighted by atomic mass is 10.0. The molecule has 0 saturated carbocycles. The standard InChI is InChI=1S/C21H19NO4/c1-12-5-7-17(8-6-12)20-22-18(21(24)26-20)11-16-9-13(2)19(14(3)10-16)25-15(4)23/h5-11H,1-4H3. The number of ether oxygens (including phenoxy) is 2. The molecule has 132 valence electrons. The maximum atomic E-state index is 12.1. The summed E-state index contributed by atoms with van der Waals surface area (Å²) < 4.78 is 10.5. The lowest BCUT2D eigenvalue weighted by molar-refractivity contribution is -0.132. The van der Waals surface area contributed by atoms with Crippen LogP contribution in [0.4, 0.5) is 0 Å². The van der Waals surface area contributed by atoms with E-state index in [0.717, 1.165) is 27.8 Å². The van der Waals surface area contributed by atoms with Crippen LogP contribution in [0.2, 0.25) is 0 Å². The lowest BCUT2D eigenvalue weighted by Crippen LogP contribution is -2.05. The van der Waals surface area contributed by atoms with Gasteiger partial charge in [-0.25, -0.2) is 9.79 Å². The molecule has 2 aromatic carbocycles. The highest BCUT2D eigenvalue weighted by molar-refractivity contribution is 6.12. The molecule has 0 unspecified atom stereocenters. The van der Waals surface area contributed by atoms with Crippen molar-refractivity contribution in [3.8, 4) is 5.75 Å². The van der Waals surface area contributed by atoms with E-state index in [4.69, 9.17) is 9.47 Å². The van der Waals surface area contributed by atoms with E-state index < -0.39 is 5.97 Å². The Bertz CT molecular complexity index is 929. The van der Waals surface area contributed by atoms with Gasteiger partial charge in [-0.3, -0.25) is 4.79 Å². The van der Waals surface area contributed by atoms with Crippen LogP contribution in [0.15, 0.2) is 47.1 Å². The molecule has 3 rings (SSSR count). The summed E-state index contributed by atoms with van der Waals surface area (Å²) in [4.78, 5) is 27.7. The molecule has 1 aliphatic rings. The number of nitrogens with zero attached hydrogens (tertiary/aromatic N) is 1. The number of carbonyl (C=O) groups is 2. The SMILES string of the molecule is CC(=O)Oc1c(C)cc(C=C2N=C(c3ccc(C)cc3)OC2=O)cc1C. The number of rotatable bonds is 3. The summed E-state index contributed by atoms with van der Waals surface area (Å²) in [6, 6.07) is 11.3. The first-order chi connectivity index (χ1) is 12.3. The molecule has 26 heavy (non-hydrogen) atoms. The van der Waals surface area contributed by atoms with Gasteiger partial charge in [0, 0.05) is 12.5 Å². The highest BCUT2D eigenvalue weighted by atomic mass is 16.6. The molecule has 5 nitrogen and oxygen atoms in total. The third kappa shape index (κ3) is 3.72. The second-order valence-electron chi connectivity index (χ2n) is 6.28. The minimum absolute atomic E-state index is 0.236. The molecule has 0 N–H and O–H groups in total. The van der Waals surface area contributed by atoms with Crippen molar-refractivity contribution in [1.29, 1.82) is 0 Å². The molecule has 0 radical (unpaired) electrons. The fourth-order valence-corrected chi connectivity index (χ4v) is 2.76. The van der Waals surface area contributed by atoms with Crippen molar-refractivity contribution >= 4 is 23.9 Å². The normalized spacial score (nSPS) is 15.0. The molecule has 0 aliphatic carbocycles. The number of cyclic esters (lactones) is 1. The van der Waals surface area contributed by atoms with Gasteiger partial charge < -0.3 is 9.47 Å². The van der Waals surface area contributed by atoms with Crippen molar-refractivity contribution in [2.45, 2.75) is 27.7 Å². The van der Waals surface area contributed by atoms with E-state index in [9.17, 15) is 9.59 Å². The van der Waals surface area contributed by atoms with Gasteiger partial charge in [-0.2, -0.15) is 0 Å². The molecular weight excluding hydrogens is 330 g/mol. The number of hydrogen-bond acceptors (Lipinski definition) is 5. The van der Waals surface area contributed by atoms with Crippen LogP contribution < -0.4 is 4.74 Å². The Morgan fingerprint density at radius 3 is 2.27 bits per heavy atom. The number of hydrogen-bond donors (Lipinski definition) is 0. The van der Waals surface area contributed by atoms with E-state index in [1.807, 2.05) is 57.2 Å². The summed E-state index contributed by atoms with van der Waals surface area (Å²) in [6.45, 7) is 7.05. The first-order valence-corrected chi connectivity index (χ1v) is 8.23. The van der Waals surface area contributed by atoms with E-state index in [2.05, 4.69) is 4.99 Å². The summed E-state index contributed by atoms with van der Waals surface area (Å²) in [6.07, 6.45) is 1.67. The van der Waals surface area contributed by atoms with E-state index in [1.165, 1.54) is 6.92 Å². The molecule has 0 fully saturated rings. The van der Waals surface area contributed by atoms with Crippen molar-refractivity contribution < 1.29 is 19.1 Å². The van der Waals surface area contributed by atoms with Crippen molar-refractivity contribution in [3.05, 3.63) is 69.9 Å². The molecule has 1 heterocycles. The predicted octanol–water partition coefficient (Wildman–Crippen LogP) is 3.88. The van der Waals surface area contributed by atoms with Crippen molar-refractivity contribution in [2.75, 3.05) is 0 Å². The average Bonchev–Trinajstić information content (AvgIpc) is 2.92. The summed E-state index contributed by atoms with van der Waals surface area (Å²) in [5, 5.41) is 0. The maximum Gasteiger partial charge on any atom is 0.363 e. The Morgan fingerprint density at radius 1 is 1.08 bits per heavy atom. The molecule has 0 spiro atoms. The molecule has 0 saturated heterocycles. The molecule has 0 atom stereocenters. The van der Waals surface area contributed by atoms with Crippen LogP contribution in [0.3, 0.4) is 0 Å². The molecule has 0 bridgehead atoms. The molecule has 0 amide bonds. The number of carbonyl (C=O) groups excluding carboxylic acids is 2. The third-order valence-corrected chi connectivity index (χ3v) is 3.95. The Balaban J connectivity index is 1.93. The van der Waals surface area contributed by atoms with Crippen LogP contribution in [0.25, 0.3) is 6.08 Å². The van der Waals surface area contributed by atoms with Crippen molar-refractivity contribution in [1.82, 2.24) is 0 Å². The second-order valence-corrected chi connectivity index (χ2v) is 6.28. The molecule has 5 heteroatoms. The minimum atomic E-state index is -0.486. The quantitative estimate of drug-likeness (QED) is 0.479. The largest absolute Gasteiger partial charge is 0.426 e. The van der Waals surface area contributed by atoms with E-state index in [-0.39, 0.29) is 11.7 Å². The average molecular weight is 349 g/mol. The summed E-state index contributed by atoms with van der Waals surface area (Å²) in [5.74, 6) is -0.0160. The van der Waals surface area contributed by atoms with Gasteiger partial charge in [-0.1, -0.05) is 17.7 Å². The first kappa shape index (κ1) is 17.6. The van der Waals surface area contributed by atoms with Crippen LogP contribution >= 0.6 is 0 Å². The predicted molar refractivity (Wildman–Crippen MR) is 99.0 cm³/mol. The molecule has 1 aliphatic heterocycles. The second kappa shape index (κ2) is 6.96. The van der Waals surface area contributed by atoms with Crippen LogP contribution in [0.1, 0.15) is 34.7 Å². The minimum Gasteiger partial charge on any atom is -0.426 e. The Kier molecular flexibility index (Phi) is 4.71. The summed E-state index contributed by atoms with van der Waals surface area (Å²) in [7, 11) is 0. The van der Waals surface area contributed by atoms with E-state index in [0.29, 0.717) is 11.6 Å². The van der Waals surface area contributed by atoms with Gasteiger partial charge >= 0.3 is 11.9 Å². The smallest absolute Gasteiger partial charge is 0.363 e. The van der Waals surface area contributed by atoms with Crippen LogP contribution in [0.5, 0.6) is 5.75 Å². The summed E-state index contributed by atoms with van der Waals surface area (Å²) in [5.41, 5.74) is 4.51. The first-order valence-electron chi connectivity index (χ1n) is 8.23. The van der Waals surface area contributed by atoms with Gasteiger partial charge in [0.2, 0.25) is 5.90 Å². The van der Waals surface area contributed by atoms with E-state index in [1.54, 1.807) is 6.08 Å². The van der Waals surface area contributed by atoms with Crippen molar-refractivity contribution in [3.63, 3.8) is 0 Å². The maximum absolute atomic E-state index is 12.1. The van der Waals surface area contributed by atoms with Gasteiger partial charge in [0.05, 0.1) is 0 Å². The third-order valence-electron chi connectivity index (χ3n) is 3.95. The molecule has 0 aromatic heterocycles. The van der Waals surface area contributed by atoms with Gasteiger partial charge in [-0.15, -0.1) is 0 Å². The highest BCUT2D eigenvalue weighted by Crippen LogP contribution is 2.27. The van der Waals surface area contributed by atoms with Gasteiger partial charge in [0.15, 0.2) is 5.70 Å². The van der Waals surface area contributed by atoms with E-state index >= 15 is 0 Å². The van der Waals surface area contributed by atoms with Gasteiger partial charge in [0.1, 0.15) is 5.75 Å². The zero-order valence-electron chi connectivity index (χ0n) is 15.1. The number of benzene rings is 2. The number of esters is 2. The Morgan fingerprint density at radius 2 is 1.69 bits per heavy atom. The Hall–Kier alpha value is -3.21. The Labute approximate surface area is 152 Å². The van der Waals surface area contributed by atoms with Crippen LogP contribution in [0, 0.1) is 20.8 Å². The summed E-state index contributed by atoms with van der Waals surface area (Å²) >= 11 is 0.